The normalized spacial score (nSPS) is 11.9. The number of aliphatic hydroxyl groups excluding tert-OH is 2. The summed E-state index contributed by atoms with van der Waals surface area (Å²) in [7, 11) is -3.62. The number of nitrogens with zero attached hydrogens (tertiary/aromatic N) is 3. The molecule has 0 spiro atoms. The molecular weight excluding hydrogens is 555 g/mol. The predicted octanol–water partition coefficient (Wildman–Crippen LogP) is 3.65. The van der Waals surface area contributed by atoms with Crippen molar-refractivity contribution in [3.8, 4) is 0 Å². The molecule has 2 rings (SSSR count). The molecule has 0 bridgehead atoms. The summed E-state index contributed by atoms with van der Waals surface area (Å²) >= 11 is 7.73. The number of alkyl halides is 2. The molecule has 11 heteroatoms. The number of aryl methyl sites for hydroxylation is 1. The Hall–Kier alpha value is -1.31. The molecule has 0 fully saturated rings. The second-order valence-corrected chi connectivity index (χ2v) is 9.52. The molecule has 8 nitrogen and oxygen atoms in total. The van der Waals surface area contributed by atoms with Crippen molar-refractivity contribution in [3.63, 3.8) is 0 Å². The van der Waals surface area contributed by atoms with Crippen LogP contribution >= 0.6 is 34.2 Å². The molecule has 0 aliphatic carbocycles. The maximum atomic E-state index is 12.3. The zero-order valence-electron chi connectivity index (χ0n) is 17.1. The minimum absolute atomic E-state index is 0.00724. The molecule has 0 saturated carbocycles. The van der Waals surface area contributed by atoms with Gasteiger partial charge in [-0.1, -0.05) is 22.6 Å². The molecule has 0 radical (unpaired) electrons. The lowest BCUT2D eigenvalue weighted by atomic mass is 10.1. The molecule has 0 saturated heterocycles. The van der Waals surface area contributed by atoms with Crippen molar-refractivity contribution in [1.29, 1.82) is 0 Å². The van der Waals surface area contributed by atoms with E-state index in [2.05, 4.69) is 37.5 Å². The molecule has 0 amide bonds. The average molecular weight is 581 g/mol. The lowest BCUT2D eigenvalue weighted by Gasteiger charge is -2.23. The van der Waals surface area contributed by atoms with Crippen LogP contribution in [0.25, 0.3) is 0 Å². The first-order valence-electron chi connectivity index (χ1n) is 9.60. The number of hydrogen-bond donors (Lipinski definition) is 3. The maximum absolute atomic E-state index is 12.3. The third-order valence-electron chi connectivity index (χ3n) is 4.44. The molecule has 170 valence electrons. The van der Waals surface area contributed by atoms with Gasteiger partial charge in [0.1, 0.15) is 0 Å². The van der Waals surface area contributed by atoms with Gasteiger partial charge in [0.2, 0.25) is 10.0 Å². The largest absolute Gasteiger partial charge is 0.395 e. The van der Waals surface area contributed by atoms with Gasteiger partial charge in [0, 0.05) is 35.6 Å². The van der Waals surface area contributed by atoms with E-state index in [-0.39, 0.29) is 30.5 Å². The third kappa shape index (κ3) is 7.36. The Balaban J connectivity index is 2.26. The van der Waals surface area contributed by atoms with Crippen molar-refractivity contribution in [2.45, 2.75) is 16.2 Å². The molecule has 0 aliphatic heterocycles. The SMILES string of the molecule is Cc1cc(N(CCO)CCO)ccc1/N=N/c1ccc(S(=O)(=O)NCCCl)cc1CI. The van der Waals surface area contributed by atoms with Crippen molar-refractivity contribution in [1.82, 2.24) is 4.72 Å². The van der Waals surface area contributed by atoms with Crippen LogP contribution in [-0.2, 0) is 14.5 Å². The number of rotatable bonds is 12. The Kier molecular flexibility index (Phi) is 10.6. The highest BCUT2D eigenvalue weighted by molar-refractivity contribution is 14.1. The fourth-order valence-corrected chi connectivity index (χ4v) is 4.76. The Bertz CT molecular complexity index is 999. The average Bonchev–Trinajstić information content (AvgIpc) is 2.76. The lowest BCUT2D eigenvalue weighted by Crippen LogP contribution is -2.29. The first kappa shape index (κ1) is 25.9. The highest BCUT2D eigenvalue weighted by Crippen LogP contribution is 2.30. The summed E-state index contributed by atoms with van der Waals surface area (Å²) in [6.07, 6.45) is 0. The van der Waals surface area contributed by atoms with Crippen LogP contribution in [0.1, 0.15) is 11.1 Å². The van der Waals surface area contributed by atoms with Crippen LogP contribution in [0.2, 0.25) is 0 Å². The third-order valence-corrected chi connectivity index (χ3v) is 6.91. The molecule has 0 aromatic heterocycles. The van der Waals surface area contributed by atoms with E-state index in [1.807, 2.05) is 30.0 Å². The van der Waals surface area contributed by atoms with Crippen molar-refractivity contribution < 1.29 is 18.6 Å². The van der Waals surface area contributed by atoms with Crippen LogP contribution in [0.15, 0.2) is 51.5 Å². The first-order chi connectivity index (χ1) is 14.9. The van der Waals surface area contributed by atoms with Crippen LogP contribution in [0.5, 0.6) is 0 Å². The second-order valence-electron chi connectivity index (χ2n) is 6.62. The number of nitrogens with one attached hydrogen (secondary N) is 1. The first-order valence-corrected chi connectivity index (χ1v) is 13.1. The molecule has 0 heterocycles. The number of sulfonamides is 1. The van der Waals surface area contributed by atoms with E-state index in [0.717, 1.165) is 16.8 Å². The number of azo groups is 1. The van der Waals surface area contributed by atoms with Crippen LogP contribution in [0.4, 0.5) is 17.1 Å². The molecule has 2 aromatic carbocycles. The fraction of sp³-hybridized carbons (Fsp3) is 0.400. The summed E-state index contributed by atoms with van der Waals surface area (Å²) in [6, 6.07) is 10.4. The van der Waals surface area contributed by atoms with Crippen molar-refractivity contribution >= 4 is 61.3 Å². The van der Waals surface area contributed by atoms with Gasteiger partial charge in [-0.05, 0) is 54.4 Å². The standard InChI is InChI=1S/C20H26ClIN4O4S/c1-15-12-17(26(8-10-27)9-11-28)2-4-19(15)24-25-20-5-3-18(13-16(20)14-22)31(29,30)23-7-6-21/h2-5,12-13,23,27-28H,6-11,14H2,1H3/b25-24+. The summed E-state index contributed by atoms with van der Waals surface area (Å²) in [5.74, 6) is 0.195. The molecule has 2 aromatic rings. The van der Waals surface area contributed by atoms with Crippen LogP contribution in [0.3, 0.4) is 0 Å². The van der Waals surface area contributed by atoms with Gasteiger partial charge in [0.15, 0.2) is 0 Å². The van der Waals surface area contributed by atoms with E-state index in [9.17, 15) is 18.6 Å². The summed E-state index contributed by atoms with van der Waals surface area (Å²) in [5, 5.41) is 27.1. The van der Waals surface area contributed by atoms with E-state index in [0.29, 0.717) is 28.9 Å². The van der Waals surface area contributed by atoms with Gasteiger partial charge >= 0.3 is 0 Å². The van der Waals surface area contributed by atoms with Gasteiger partial charge in [0.25, 0.3) is 0 Å². The Morgan fingerprint density at radius 2 is 1.71 bits per heavy atom. The van der Waals surface area contributed by atoms with E-state index >= 15 is 0 Å². The monoisotopic (exact) mass is 580 g/mol. The Morgan fingerprint density at radius 3 is 2.29 bits per heavy atom. The van der Waals surface area contributed by atoms with Gasteiger partial charge in [-0.3, -0.25) is 0 Å². The van der Waals surface area contributed by atoms with E-state index in [1.165, 1.54) is 6.07 Å². The molecule has 3 N–H and O–H groups in total. The van der Waals surface area contributed by atoms with Crippen molar-refractivity contribution in [2.75, 3.05) is 43.6 Å². The van der Waals surface area contributed by atoms with Crippen molar-refractivity contribution in [3.05, 3.63) is 47.5 Å². The zero-order valence-corrected chi connectivity index (χ0v) is 20.9. The Labute approximate surface area is 201 Å². The highest BCUT2D eigenvalue weighted by atomic mass is 127. The highest BCUT2D eigenvalue weighted by Gasteiger charge is 2.15. The molecule has 0 atom stereocenters. The van der Waals surface area contributed by atoms with Gasteiger partial charge < -0.3 is 15.1 Å². The summed E-state index contributed by atoms with van der Waals surface area (Å²) in [4.78, 5) is 2.05. The quantitative estimate of drug-likeness (QED) is 0.201. The van der Waals surface area contributed by atoms with Crippen molar-refractivity contribution in [2.24, 2.45) is 10.2 Å². The fourth-order valence-electron chi connectivity index (χ4n) is 2.86. The van der Waals surface area contributed by atoms with E-state index in [4.69, 9.17) is 11.6 Å². The van der Waals surface area contributed by atoms with Gasteiger partial charge in [0.05, 0.1) is 29.5 Å². The molecular formula is C20H26ClIN4O4S. The Morgan fingerprint density at radius 1 is 1.06 bits per heavy atom. The summed E-state index contributed by atoms with van der Waals surface area (Å²) in [5.41, 5.74) is 3.80. The number of benzene rings is 2. The van der Waals surface area contributed by atoms with Gasteiger partial charge in [-0.15, -0.1) is 11.6 Å². The minimum Gasteiger partial charge on any atom is -0.395 e. The smallest absolute Gasteiger partial charge is 0.240 e. The van der Waals surface area contributed by atoms with Crippen LogP contribution < -0.4 is 9.62 Å². The minimum atomic E-state index is -3.62. The summed E-state index contributed by atoms with van der Waals surface area (Å²) in [6.45, 7) is 2.91. The van der Waals surface area contributed by atoms with Crippen LogP contribution in [0, 0.1) is 6.92 Å². The predicted molar refractivity (Wildman–Crippen MR) is 132 cm³/mol. The topological polar surface area (TPSA) is 115 Å². The van der Waals surface area contributed by atoms with Gasteiger partial charge in [-0.25, -0.2) is 13.1 Å². The number of hydrogen-bond acceptors (Lipinski definition) is 7. The molecule has 0 unspecified atom stereocenters. The number of aliphatic hydroxyl groups is 2. The van der Waals surface area contributed by atoms with E-state index < -0.39 is 10.0 Å². The number of anilines is 1. The van der Waals surface area contributed by atoms with Crippen LogP contribution in [-0.4, -0.2) is 57.4 Å². The van der Waals surface area contributed by atoms with Gasteiger partial charge in [-0.2, -0.15) is 10.2 Å². The van der Waals surface area contributed by atoms with E-state index in [1.54, 1.807) is 12.1 Å². The zero-order chi connectivity index (χ0) is 22.9. The number of halogens is 2. The molecule has 31 heavy (non-hydrogen) atoms. The summed E-state index contributed by atoms with van der Waals surface area (Å²) < 4.78 is 27.6. The maximum Gasteiger partial charge on any atom is 0.240 e. The second kappa shape index (κ2) is 12.7. The molecule has 0 aliphatic rings. The lowest BCUT2D eigenvalue weighted by molar-refractivity contribution is 0.281.